The summed E-state index contributed by atoms with van der Waals surface area (Å²) in [7, 11) is 0. The van der Waals surface area contributed by atoms with Crippen molar-refractivity contribution in [3.8, 4) is 0 Å². The van der Waals surface area contributed by atoms with Crippen molar-refractivity contribution in [2.75, 3.05) is 13.1 Å². The van der Waals surface area contributed by atoms with Crippen LogP contribution < -0.4 is 0 Å². The van der Waals surface area contributed by atoms with Crippen LogP contribution in [-0.4, -0.2) is 45.1 Å². The average Bonchev–Trinajstić information content (AvgIpc) is 2.86. The molecular formula is C15H25N3O4. The molecule has 0 aliphatic carbocycles. The van der Waals surface area contributed by atoms with Gasteiger partial charge >= 0.3 is 5.97 Å². The number of carboxylic acids is 1. The summed E-state index contributed by atoms with van der Waals surface area (Å²) < 4.78 is 5.17. The summed E-state index contributed by atoms with van der Waals surface area (Å²) in [5.41, 5.74) is -0.170. The zero-order valence-electron chi connectivity index (χ0n) is 13.8. The van der Waals surface area contributed by atoms with E-state index in [1.807, 2.05) is 27.7 Å². The van der Waals surface area contributed by atoms with Crippen LogP contribution in [0.2, 0.25) is 0 Å². The molecule has 0 aromatic carbocycles. The van der Waals surface area contributed by atoms with Gasteiger partial charge in [-0.2, -0.15) is 4.98 Å². The number of aliphatic carboxylic acids is 1. The monoisotopic (exact) mass is 311 g/mol. The van der Waals surface area contributed by atoms with E-state index in [1.165, 1.54) is 4.90 Å². The SMILES string of the molecule is CCCN(CC(=O)O)C(=O)CCCc1nc(C(C)(C)C)no1. The molecule has 1 heterocycles. The molecule has 22 heavy (non-hydrogen) atoms. The lowest BCUT2D eigenvalue weighted by atomic mass is 9.96. The molecule has 7 heteroatoms. The summed E-state index contributed by atoms with van der Waals surface area (Å²) in [5, 5.41) is 12.7. The normalized spacial score (nSPS) is 11.5. The summed E-state index contributed by atoms with van der Waals surface area (Å²) in [4.78, 5) is 28.5. The van der Waals surface area contributed by atoms with Crippen LogP contribution in [0.5, 0.6) is 0 Å². The molecule has 0 saturated heterocycles. The Labute approximate surface area is 130 Å². The van der Waals surface area contributed by atoms with E-state index in [4.69, 9.17) is 9.63 Å². The second-order valence-electron chi connectivity index (χ2n) is 6.32. The summed E-state index contributed by atoms with van der Waals surface area (Å²) in [6.45, 7) is 8.12. The highest BCUT2D eigenvalue weighted by molar-refractivity contribution is 5.81. The predicted molar refractivity (Wildman–Crippen MR) is 80.4 cm³/mol. The van der Waals surface area contributed by atoms with Crippen molar-refractivity contribution in [1.82, 2.24) is 15.0 Å². The maximum absolute atomic E-state index is 12.0. The van der Waals surface area contributed by atoms with Gasteiger partial charge in [0.15, 0.2) is 5.82 Å². The summed E-state index contributed by atoms with van der Waals surface area (Å²) in [6, 6.07) is 0. The van der Waals surface area contributed by atoms with Crippen LogP contribution in [0.3, 0.4) is 0 Å². The van der Waals surface area contributed by atoms with E-state index in [0.717, 1.165) is 6.42 Å². The van der Waals surface area contributed by atoms with Crippen LogP contribution in [0, 0.1) is 0 Å². The third kappa shape index (κ3) is 5.83. The van der Waals surface area contributed by atoms with Gasteiger partial charge in [-0.3, -0.25) is 9.59 Å². The second kappa shape index (κ2) is 7.91. The number of aryl methyl sites for hydroxylation is 1. The minimum atomic E-state index is -0.992. The van der Waals surface area contributed by atoms with Gasteiger partial charge in [-0.15, -0.1) is 0 Å². The van der Waals surface area contributed by atoms with Crippen molar-refractivity contribution < 1.29 is 19.2 Å². The second-order valence-corrected chi connectivity index (χ2v) is 6.32. The van der Waals surface area contributed by atoms with Gasteiger partial charge in [0.1, 0.15) is 6.54 Å². The van der Waals surface area contributed by atoms with E-state index < -0.39 is 5.97 Å². The molecule has 0 aliphatic heterocycles. The Bertz CT molecular complexity index is 505. The van der Waals surface area contributed by atoms with Gasteiger partial charge in [0.05, 0.1) is 0 Å². The van der Waals surface area contributed by atoms with Crippen molar-refractivity contribution in [2.24, 2.45) is 0 Å². The number of carbonyl (C=O) groups excluding carboxylic acids is 1. The van der Waals surface area contributed by atoms with E-state index in [-0.39, 0.29) is 24.3 Å². The van der Waals surface area contributed by atoms with Crippen LogP contribution in [0.1, 0.15) is 58.7 Å². The van der Waals surface area contributed by atoms with E-state index in [2.05, 4.69) is 10.1 Å². The summed E-state index contributed by atoms with van der Waals surface area (Å²) in [5.74, 6) is 0.0126. The number of hydrogen-bond donors (Lipinski definition) is 1. The topological polar surface area (TPSA) is 96.5 Å². The quantitative estimate of drug-likeness (QED) is 0.789. The molecule has 1 aromatic heterocycles. The molecule has 7 nitrogen and oxygen atoms in total. The van der Waals surface area contributed by atoms with Gasteiger partial charge in [0.2, 0.25) is 11.8 Å². The fourth-order valence-electron chi connectivity index (χ4n) is 1.94. The smallest absolute Gasteiger partial charge is 0.323 e. The van der Waals surface area contributed by atoms with Gasteiger partial charge in [0, 0.05) is 24.8 Å². The van der Waals surface area contributed by atoms with Crippen molar-refractivity contribution in [3.63, 3.8) is 0 Å². The van der Waals surface area contributed by atoms with Crippen molar-refractivity contribution in [3.05, 3.63) is 11.7 Å². The Kier molecular flexibility index (Phi) is 6.52. The first kappa shape index (κ1) is 18.1. The van der Waals surface area contributed by atoms with Crippen LogP contribution >= 0.6 is 0 Å². The van der Waals surface area contributed by atoms with Gasteiger partial charge in [-0.25, -0.2) is 0 Å². The molecule has 0 aliphatic rings. The predicted octanol–water partition coefficient (Wildman–Crippen LogP) is 2.01. The van der Waals surface area contributed by atoms with Crippen LogP contribution in [0.4, 0.5) is 0 Å². The Morgan fingerprint density at radius 3 is 2.50 bits per heavy atom. The third-order valence-corrected chi connectivity index (χ3v) is 3.09. The Morgan fingerprint density at radius 1 is 1.32 bits per heavy atom. The molecule has 0 atom stereocenters. The standard InChI is InChI=1S/C15H25N3O4/c1-5-9-18(10-13(20)21)12(19)8-6-7-11-16-14(17-22-11)15(2,3)4/h5-10H2,1-4H3,(H,20,21). The lowest BCUT2D eigenvalue weighted by molar-refractivity contribution is -0.144. The molecule has 1 aromatic rings. The largest absolute Gasteiger partial charge is 0.480 e. The molecule has 0 unspecified atom stereocenters. The third-order valence-electron chi connectivity index (χ3n) is 3.09. The highest BCUT2D eigenvalue weighted by Gasteiger charge is 2.21. The molecular weight excluding hydrogens is 286 g/mol. The number of carboxylic acid groups (broad SMARTS) is 1. The van der Waals surface area contributed by atoms with E-state index >= 15 is 0 Å². The number of hydrogen-bond acceptors (Lipinski definition) is 5. The molecule has 124 valence electrons. The number of carbonyl (C=O) groups is 2. The lowest BCUT2D eigenvalue weighted by Gasteiger charge is -2.19. The summed E-state index contributed by atoms with van der Waals surface area (Å²) in [6.07, 6.45) is 2.09. The molecule has 0 fully saturated rings. The van der Waals surface area contributed by atoms with Crippen LogP contribution in [0.25, 0.3) is 0 Å². The fourth-order valence-corrected chi connectivity index (χ4v) is 1.94. The zero-order valence-corrected chi connectivity index (χ0v) is 13.8. The zero-order chi connectivity index (χ0) is 16.8. The first-order valence-corrected chi connectivity index (χ1v) is 7.56. The van der Waals surface area contributed by atoms with Gasteiger partial charge in [0.25, 0.3) is 0 Å². The molecule has 1 rings (SSSR count). The number of nitrogens with zero attached hydrogens (tertiary/aromatic N) is 3. The molecule has 0 bridgehead atoms. The summed E-state index contributed by atoms with van der Waals surface area (Å²) >= 11 is 0. The maximum Gasteiger partial charge on any atom is 0.323 e. The lowest BCUT2D eigenvalue weighted by Crippen LogP contribution is -2.36. The van der Waals surface area contributed by atoms with Crippen LogP contribution in [0.15, 0.2) is 4.52 Å². The first-order valence-electron chi connectivity index (χ1n) is 7.56. The molecule has 0 saturated carbocycles. The van der Waals surface area contributed by atoms with E-state index in [1.54, 1.807) is 0 Å². The fraction of sp³-hybridized carbons (Fsp3) is 0.733. The minimum absolute atomic E-state index is 0.153. The minimum Gasteiger partial charge on any atom is -0.480 e. The highest BCUT2D eigenvalue weighted by Crippen LogP contribution is 2.19. The molecule has 1 N–H and O–H groups in total. The van der Waals surface area contributed by atoms with E-state index in [9.17, 15) is 9.59 Å². The first-order chi connectivity index (χ1) is 10.2. The molecule has 0 spiro atoms. The van der Waals surface area contributed by atoms with Crippen molar-refractivity contribution in [1.29, 1.82) is 0 Å². The maximum atomic E-state index is 12.0. The van der Waals surface area contributed by atoms with Gasteiger partial charge in [-0.05, 0) is 12.8 Å². The molecule has 0 radical (unpaired) electrons. The Balaban J connectivity index is 2.46. The average molecular weight is 311 g/mol. The number of amides is 1. The Hall–Kier alpha value is -1.92. The van der Waals surface area contributed by atoms with Crippen molar-refractivity contribution >= 4 is 11.9 Å². The number of aromatic nitrogens is 2. The molecule has 1 amide bonds. The van der Waals surface area contributed by atoms with E-state index in [0.29, 0.717) is 31.1 Å². The number of rotatable bonds is 8. The van der Waals surface area contributed by atoms with Crippen LogP contribution in [-0.2, 0) is 21.4 Å². The van der Waals surface area contributed by atoms with Gasteiger partial charge < -0.3 is 14.5 Å². The highest BCUT2D eigenvalue weighted by atomic mass is 16.5. The Morgan fingerprint density at radius 2 is 2.00 bits per heavy atom. The van der Waals surface area contributed by atoms with Crippen molar-refractivity contribution in [2.45, 2.75) is 58.8 Å². The van der Waals surface area contributed by atoms with Gasteiger partial charge in [-0.1, -0.05) is 32.9 Å².